The molecule has 0 saturated heterocycles. The molecular weight excluding hydrogens is 417 g/mol. The van der Waals surface area contributed by atoms with Crippen LogP contribution in [0.4, 0.5) is 13.2 Å². The van der Waals surface area contributed by atoms with E-state index < -0.39 is 23.7 Å². The Morgan fingerprint density at radius 3 is 2.57 bits per heavy atom. The normalized spacial score (nSPS) is 12.6. The summed E-state index contributed by atoms with van der Waals surface area (Å²) >= 11 is 6.34. The minimum atomic E-state index is -4.48. The second kappa shape index (κ2) is 8.89. The number of carbonyl (C=O) groups excluding carboxylic acids is 1. The summed E-state index contributed by atoms with van der Waals surface area (Å²) in [5.41, 5.74) is 6.83. The molecule has 3 rings (SSSR count). The lowest BCUT2D eigenvalue weighted by molar-refractivity contribution is -0.138. The lowest BCUT2D eigenvalue weighted by atomic mass is 9.99. The van der Waals surface area contributed by atoms with Crippen molar-refractivity contribution in [2.75, 3.05) is 6.54 Å². The minimum Gasteiger partial charge on any atom is -0.348 e. The van der Waals surface area contributed by atoms with Gasteiger partial charge in [-0.1, -0.05) is 35.9 Å². The average Bonchev–Trinajstić information content (AvgIpc) is 3.12. The minimum absolute atomic E-state index is 0.0151. The highest BCUT2D eigenvalue weighted by Gasteiger charge is 2.33. The van der Waals surface area contributed by atoms with Crippen LogP contribution in [0.2, 0.25) is 5.02 Å². The molecule has 0 aliphatic heterocycles. The highest BCUT2D eigenvalue weighted by atomic mass is 35.5. The first-order valence-electron chi connectivity index (χ1n) is 9.14. The molecule has 1 aromatic heterocycles. The molecule has 0 saturated carbocycles. The van der Waals surface area contributed by atoms with Gasteiger partial charge >= 0.3 is 6.18 Å². The number of hydrogen-bond donors (Lipinski definition) is 2. The Balaban J connectivity index is 1.77. The molecule has 0 spiro atoms. The third kappa shape index (κ3) is 4.83. The summed E-state index contributed by atoms with van der Waals surface area (Å²) in [5.74, 6) is -0.464. The maximum Gasteiger partial charge on any atom is 0.416 e. The number of rotatable bonds is 6. The van der Waals surface area contributed by atoms with Gasteiger partial charge in [-0.25, -0.2) is 0 Å². The first-order chi connectivity index (χ1) is 14.2. The van der Waals surface area contributed by atoms with Crippen LogP contribution >= 0.6 is 11.6 Å². The maximum atomic E-state index is 13.2. The first-order valence-corrected chi connectivity index (χ1v) is 9.52. The van der Waals surface area contributed by atoms with Crippen molar-refractivity contribution in [1.29, 1.82) is 0 Å². The van der Waals surface area contributed by atoms with Crippen molar-refractivity contribution < 1.29 is 18.0 Å². The number of benzene rings is 2. The molecule has 0 aliphatic carbocycles. The van der Waals surface area contributed by atoms with Gasteiger partial charge in [-0.15, -0.1) is 0 Å². The van der Waals surface area contributed by atoms with Crippen LogP contribution < -0.4 is 11.1 Å². The van der Waals surface area contributed by atoms with E-state index in [0.717, 1.165) is 11.8 Å². The Bertz CT molecular complexity index is 1050. The van der Waals surface area contributed by atoms with E-state index in [1.807, 2.05) is 0 Å². The predicted octanol–water partition coefficient (Wildman–Crippen LogP) is 4.06. The van der Waals surface area contributed by atoms with Crippen LogP contribution in [-0.4, -0.2) is 28.3 Å². The van der Waals surface area contributed by atoms with Crippen molar-refractivity contribution in [3.05, 3.63) is 76.4 Å². The monoisotopic (exact) mass is 436 g/mol. The van der Waals surface area contributed by atoms with Crippen LogP contribution in [0.15, 0.2) is 54.7 Å². The molecule has 1 atom stereocenters. The van der Waals surface area contributed by atoms with E-state index in [1.54, 1.807) is 36.1 Å². The second-order valence-corrected chi connectivity index (χ2v) is 7.21. The highest BCUT2D eigenvalue weighted by Crippen LogP contribution is 2.32. The lowest BCUT2D eigenvalue weighted by Crippen LogP contribution is -2.42. The quantitative estimate of drug-likeness (QED) is 0.612. The number of hydrogen-bond acceptors (Lipinski definition) is 3. The Morgan fingerprint density at radius 2 is 1.97 bits per heavy atom. The van der Waals surface area contributed by atoms with Gasteiger partial charge in [0.15, 0.2) is 0 Å². The molecule has 9 heteroatoms. The van der Waals surface area contributed by atoms with E-state index in [1.165, 1.54) is 24.3 Å². The second-order valence-electron chi connectivity index (χ2n) is 6.80. The largest absolute Gasteiger partial charge is 0.416 e. The van der Waals surface area contributed by atoms with Crippen LogP contribution in [0.25, 0.3) is 11.3 Å². The van der Waals surface area contributed by atoms with Crippen molar-refractivity contribution >= 4 is 17.5 Å². The van der Waals surface area contributed by atoms with E-state index in [2.05, 4.69) is 10.4 Å². The summed E-state index contributed by atoms with van der Waals surface area (Å²) in [6, 6.07) is 11.2. The van der Waals surface area contributed by atoms with Gasteiger partial charge in [0.05, 0.1) is 16.3 Å². The Labute approximate surface area is 176 Å². The van der Waals surface area contributed by atoms with E-state index in [9.17, 15) is 18.0 Å². The summed E-state index contributed by atoms with van der Waals surface area (Å²) in [6.45, 7) is -0.0151. The molecule has 2 aromatic carbocycles. The van der Waals surface area contributed by atoms with Gasteiger partial charge in [0, 0.05) is 37.0 Å². The molecule has 3 N–H and O–H groups in total. The van der Waals surface area contributed by atoms with E-state index >= 15 is 0 Å². The Morgan fingerprint density at radius 1 is 1.23 bits per heavy atom. The molecule has 30 heavy (non-hydrogen) atoms. The fourth-order valence-electron chi connectivity index (χ4n) is 3.20. The number of nitrogens with zero attached hydrogens (tertiary/aromatic N) is 2. The van der Waals surface area contributed by atoms with Gasteiger partial charge in [0.1, 0.15) is 0 Å². The number of halogens is 4. The molecule has 1 amide bonds. The number of alkyl halides is 3. The van der Waals surface area contributed by atoms with Crippen LogP contribution in [-0.2, 0) is 19.6 Å². The standard InChI is InChI=1S/C21H20ClF3N4O/c1-29-19(8-9-27-29)16-7-6-14(11-18(16)22)20(30)28-15(12-26)10-13-4-2-3-5-17(13)21(23,24)25/h2-9,11,15H,10,12,26H2,1H3,(H,28,30)/t15-/m0/s1. The van der Waals surface area contributed by atoms with Crippen molar-refractivity contribution in [2.24, 2.45) is 12.8 Å². The van der Waals surface area contributed by atoms with Gasteiger partial charge in [0.2, 0.25) is 0 Å². The molecule has 5 nitrogen and oxygen atoms in total. The SMILES string of the molecule is Cn1nccc1-c1ccc(C(=O)N[C@H](CN)Cc2ccccc2C(F)(F)F)cc1Cl. The molecular formula is C21H20ClF3N4O. The van der Waals surface area contributed by atoms with Crippen LogP contribution in [0, 0.1) is 0 Å². The summed E-state index contributed by atoms with van der Waals surface area (Å²) in [4.78, 5) is 12.6. The highest BCUT2D eigenvalue weighted by molar-refractivity contribution is 6.33. The Hall–Kier alpha value is -2.84. The van der Waals surface area contributed by atoms with Gasteiger partial charge < -0.3 is 11.1 Å². The number of carbonyl (C=O) groups is 1. The maximum absolute atomic E-state index is 13.2. The van der Waals surface area contributed by atoms with Gasteiger partial charge in [0.25, 0.3) is 5.91 Å². The zero-order valence-electron chi connectivity index (χ0n) is 16.1. The van der Waals surface area contributed by atoms with Crippen molar-refractivity contribution in [3.8, 4) is 11.3 Å². The number of nitrogens with two attached hydrogens (primary N) is 1. The molecule has 1 heterocycles. The number of nitrogens with one attached hydrogen (secondary N) is 1. The molecule has 0 radical (unpaired) electrons. The lowest BCUT2D eigenvalue weighted by Gasteiger charge is -2.20. The third-order valence-corrected chi connectivity index (χ3v) is 5.05. The molecule has 0 fully saturated rings. The van der Waals surface area contributed by atoms with Gasteiger partial charge in [-0.2, -0.15) is 18.3 Å². The predicted molar refractivity (Wildman–Crippen MR) is 109 cm³/mol. The first kappa shape index (κ1) is 21.9. The smallest absolute Gasteiger partial charge is 0.348 e. The fraction of sp³-hybridized carbons (Fsp3) is 0.238. The van der Waals surface area contributed by atoms with Crippen LogP contribution in [0.1, 0.15) is 21.5 Å². The fourth-order valence-corrected chi connectivity index (χ4v) is 3.48. The van der Waals surface area contributed by atoms with Crippen molar-refractivity contribution in [3.63, 3.8) is 0 Å². The van der Waals surface area contributed by atoms with Crippen molar-refractivity contribution in [2.45, 2.75) is 18.6 Å². The summed E-state index contributed by atoms with van der Waals surface area (Å²) < 4.78 is 41.3. The van der Waals surface area contributed by atoms with E-state index in [0.29, 0.717) is 10.6 Å². The Kier molecular flexibility index (Phi) is 6.48. The number of aromatic nitrogens is 2. The van der Waals surface area contributed by atoms with Gasteiger partial charge in [-0.3, -0.25) is 9.48 Å². The summed E-state index contributed by atoms with van der Waals surface area (Å²) in [7, 11) is 1.77. The molecule has 0 unspecified atom stereocenters. The van der Waals surface area contributed by atoms with Gasteiger partial charge in [-0.05, 0) is 36.2 Å². The summed E-state index contributed by atoms with van der Waals surface area (Å²) in [5, 5.41) is 7.15. The van der Waals surface area contributed by atoms with E-state index in [4.69, 9.17) is 17.3 Å². The zero-order chi connectivity index (χ0) is 21.9. The van der Waals surface area contributed by atoms with E-state index in [-0.39, 0.29) is 24.1 Å². The van der Waals surface area contributed by atoms with Crippen LogP contribution in [0.3, 0.4) is 0 Å². The van der Waals surface area contributed by atoms with Crippen molar-refractivity contribution in [1.82, 2.24) is 15.1 Å². The molecule has 3 aromatic rings. The number of aryl methyl sites for hydroxylation is 1. The number of amides is 1. The molecule has 0 aliphatic rings. The summed E-state index contributed by atoms with van der Waals surface area (Å²) in [6.07, 6.45) is -2.88. The molecule has 158 valence electrons. The average molecular weight is 437 g/mol. The zero-order valence-corrected chi connectivity index (χ0v) is 16.8. The van der Waals surface area contributed by atoms with Crippen LogP contribution in [0.5, 0.6) is 0 Å². The third-order valence-electron chi connectivity index (χ3n) is 4.74. The topological polar surface area (TPSA) is 72.9 Å². The molecule has 0 bridgehead atoms.